The van der Waals surface area contributed by atoms with Gasteiger partial charge in [0.15, 0.2) is 16.3 Å². The summed E-state index contributed by atoms with van der Waals surface area (Å²) >= 11 is 4.38. The van der Waals surface area contributed by atoms with Gasteiger partial charge in [-0.1, -0.05) is 11.3 Å². The van der Waals surface area contributed by atoms with Crippen LogP contribution < -0.4 is 16.6 Å². The van der Waals surface area contributed by atoms with Gasteiger partial charge in [-0.25, -0.2) is 9.97 Å². The molecule has 13 nitrogen and oxygen atoms in total. The first-order chi connectivity index (χ1) is 29.8. The lowest BCUT2D eigenvalue weighted by Gasteiger charge is -2.32. The smallest absolute Gasteiger partial charge is 0.399 e. The first-order valence-electron chi connectivity index (χ1n) is 17.8. The molecule has 0 bridgehead atoms. The van der Waals surface area contributed by atoms with Crippen molar-refractivity contribution in [3.8, 4) is 11.1 Å². The van der Waals surface area contributed by atoms with Gasteiger partial charge in [0.05, 0.1) is 23.0 Å². The molecule has 0 radical (unpaired) electrons. The number of hydrogen-bond acceptors (Lipinski definition) is 11. The lowest BCUT2D eigenvalue weighted by atomic mass is 9.82. The summed E-state index contributed by atoms with van der Waals surface area (Å²) < 4.78 is 217. The minimum Gasteiger partial charge on any atom is -0.399 e. The fourth-order valence-electron chi connectivity index (χ4n) is 5.36. The van der Waals surface area contributed by atoms with E-state index in [1.54, 1.807) is 34.6 Å². The van der Waals surface area contributed by atoms with E-state index < -0.39 is 106 Å². The second kappa shape index (κ2) is 17.5. The van der Waals surface area contributed by atoms with Crippen LogP contribution in [0.1, 0.15) is 49.0 Å². The molecule has 0 unspecified atom stereocenters. The van der Waals surface area contributed by atoms with Crippen LogP contribution in [0.15, 0.2) is 45.0 Å². The predicted octanol–water partition coefficient (Wildman–Crippen LogP) is 8.76. The van der Waals surface area contributed by atoms with Gasteiger partial charge in [0.25, 0.3) is 11.1 Å². The van der Waals surface area contributed by atoms with Gasteiger partial charge in [0.1, 0.15) is 22.6 Å². The molecule has 362 valence electrons. The fourth-order valence-corrected chi connectivity index (χ4v) is 7.41. The Balaban J connectivity index is 0.000000193. The third-order valence-electron chi connectivity index (χ3n) is 9.29. The van der Waals surface area contributed by atoms with Gasteiger partial charge in [0, 0.05) is 40.7 Å². The molecule has 1 saturated heterocycles. The highest BCUT2D eigenvalue weighted by molar-refractivity contribution is 9.10. The molecule has 1 aliphatic heterocycles. The van der Waals surface area contributed by atoms with Crippen LogP contribution in [0.4, 0.5) is 70.2 Å². The first kappa shape index (κ1) is 52.3. The molecule has 1 aliphatic rings. The van der Waals surface area contributed by atoms with Crippen LogP contribution in [0.5, 0.6) is 0 Å². The lowest BCUT2D eigenvalue weighted by molar-refractivity contribution is -0.287. The zero-order valence-corrected chi connectivity index (χ0v) is 37.0. The van der Waals surface area contributed by atoms with Crippen LogP contribution >= 0.6 is 38.6 Å². The summed E-state index contributed by atoms with van der Waals surface area (Å²) in [6.45, 7) is 6.76. The normalized spacial score (nSPS) is 15.8. The Hall–Kier alpha value is -4.63. The molecule has 0 atom stereocenters. The monoisotopic (exact) mass is 1070 g/mol. The van der Waals surface area contributed by atoms with Crippen molar-refractivity contribution in [3.63, 3.8) is 0 Å². The molecule has 1 fully saturated rings. The molecule has 6 aromatic heterocycles. The summed E-state index contributed by atoms with van der Waals surface area (Å²) in [5.74, 6) is -10.0. The van der Waals surface area contributed by atoms with E-state index in [4.69, 9.17) is 9.31 Å². The average Bonchev–Trinajstić information content (AvgIpc) is 3.97. The van der Waals surface area contributed by atoms with E-state index in [2.05, 4.69) is 41.2 Å². The van der Waals surface area contributed by atoms with Gasteiger partial charge in [-0.3, -0.25) is 23.4 Å². The van der Waals surface area contributed by atoms with Crippen molar-refractivity contribution in [1.82, 2.24) is 43.5 Å². The molecule has 66 heavy (non-hydrogen) atoms. The number of hydrogen-bond donors (Lipinski definition) is 0. The van der Waals surface area contributed by atoms with Crippen molar-refractivity contribution in [1.29, 1.82) is 0 Å². The molecule has 0 aliphatic carbocycles. The summed E-state index contributed by atoms with van der Waals surface area (Å²) in [6.07, 6.45) is -16.5. The number of aromatic nitrogens is 9. The maximum atomic E-state index is 13.4. The van der Waals surface area contributed by atoms with Gasteiger partial charge in [-0.2, -0.15) is 90.1 Å². The fraction of sp³-hybridized carbons (Fsp3) is 0.485. The van der Waals surface area contributed by atoms with Gasteiger partial charge in [-0.15, -0.1) is 11.3 Å². The molecule has 0 aromatic carbocycles. The highest BCUT2D eigenvalue weighted by Crippen LogP contribution is 2.40. The van der Waals surface area contributed by atoms with E-state index in [1.807, 2.05) is 0 Å². The summed E-state index contributed by atoms with van der Waals surface area (Å²) in [5, 5.41) is 10.7. The minimum atomic E-state index is -5.88. The second-order valence-corrected chi connectivity index (χ2v) is 18.1. The maximum absolute atomic E-state index is 13.4. The number of fused-ring (bicyclic) bond motifs is 2. The zero-order valence-electron chi connectivity index (χ0n) is 33.8. The third kappa shape index (κ3) is 10.9. The van der Waals surface area contributed by atoms with Crippen LogP contribution in [0, 0.1) is 13.8 Å². The molecule has 7 rings (SSSR count). The number of aryl methyl sites for hydroxylation is 2. The van der Waals surface area contributed by atoms with E-state index in [-0.39, 0.29) is 25.1 Å². The number of nitrogens with zero attached hydrogens (tertiary/aromatic N) is 9. The van der Waals surface area contributed by atoms with Crippen LogP contribution in [0.25, 0.3) is 21.0 Å². The summed E-state index contributed by atoms with van der Waals surface area (Å²) in [6, 6.07) is 0. The Kier molecular flexibility index (Phi) is 13.9. The molecular weight excluding hydrogens is 1050 g/mol. The predicted molar refractivity (Wildman–Crippen MR) is 205 cm³/mol. The van der Waals surface area contributed by atoms with Crippen molar-refractivity contribution in [3.05, 3.63) is 77.4 Å². The molecule has 0 saturated carbocycles. The number of rotatable bonds is 6. The summed E-state index contributed by atoms with van der Waals surface area (Å²) in [7, 11) is -0.863. The Morgan fingerprint density at radius 2 is 1.15 bits per heavy atom. The van der Waals surface area contributed by atoms with Gasteiger partial charge >= 0.3 is 43.7 Å². The zero-order chi connectivity index (χ0) is 50.1. The van der Waals surface area contributed by atoms with Gasteiger partial charge in [-0.05, 0) is 57.5 Å². The first-order valence-corrected chi connectivity index (χ1v) is 20.2. The van der Waals surface area contributed by atoms with E-state index in [9.17, 15) is 79.8 Å². The Labute approximate surface area is 374 Å². The largest absolute Gasteiger partial charge is 0.498 e. The van der Waals surface area contributed by atoms with Crippen molar-refractivity contribution >= 4 is 61.1 Å². The number of thiazole rings is 1. The van der Waals surface area contributed by atoms with Crippen LogP contribution in [0.3, 0.4) is 0 Å². The molecule has 33 heteroatoms. The average molecular weight is 1070 g/mol. The standard InChI is InChI=1S/C13H7F8N5OS.C12H16BF5N2O2.C8H4BrF3N2OS/c1-5-24-26-9(27)7(8(12(16,17)18)23-10(26)28-5)6-2-22-25(3-6)4-11(14,15)13(19,20)21;1-9(2)10(3,4)22-13(21-9)8-5-19-20(6-8)7-11(14,15)12(16,17)18;1-3-2-14-6(15)4(9)5(8(10,11)12)13-7(14)16-3/h2-3H,4H2,1H3;5-6H,7H2,1-4H3;2H,1H3. The van der Waals surface area contributed by atoms with E-state index in [1.165, 1.54) is 13.1 Å². The van der Waals surface area contributed by atoms with E-state index in [0.717, 1.165) is 33.0 Å². The topological polar surface area (TPSA) is 136 Å². The Morgan fingerprint density at radius 3 is 1.65 bits per heavy atom. The quantitative estimate of drug-likeness (QED) is 0.119. The highest BCUT2D eigenvalue weighted by atomic mass is 79.9. The molecule has 0 spiro atoms. The van der Waals surface area contributed by atoms with Crippen LogP contribution in [-0.2, 0) is 34.8 Å². The minimum absolute atomic E-state index is 0.0398. The van der Waals surface area contributed by atoms with Crippen molar-refractivity contribution in [2.45, 2.75) is 102 Å². The molecule has 0 N–H and O–H groups in total. The van der Waals surface area contributed by atoms with Gasteiger partial charge < -0.3 is 9.31 Å². The molecule has 7 heterocycles. The van der Waals surface area contributed by atoms with E-state index >= 15 is 0 Å². The second-order valence-electron chi connectivity index (χ2n) is 14.9. The van der Waals surface area contributed by atoms with Crippen LogP contribution in [0.2, 0.25) is 0 Å². The van der Waals surface area contributed by atoms with E-state index in [0.29, 0.717) is 32.9 Å². The molecular formula is C33H27BBrF16N9O4S2. The maximum Gasteiger partial charge on any atom is 0.498 e. The number of alkyl halides is 16. The van der Waals surface area contributed by atoms with Crippen molar-refractivity contribution in [2.24, 2.45) is 0 Å². The molecule has 6 aromatic rings. The Morgan fingerprint density at radius 1 is 0.667 bits per heavy atom. The SMILES string of the molecule is CC1(C)OB(c2cnn(CC(F)(F)C(F)(F)F)c2)OC1(C)C.Cc1cn2c(=O)c(Br)c(C(F)(F)F)nc2s1.Cc1nn2c(=O)c(-c3cnn(CC(F)(F)C(F)(F)F)c3)c(C(F)(F)F)nc2s1. The third-order valence-corrected chi connectivity index (χ3v) is 11.7. The van der Waals surface area contributed by atoms with Crippen molar-refractivity contribution < 1.29 is 79.6 Å². The molecule has 0 amide bonds. The highest BCUT2D eigenvalue weighted by Gasteiger charge is 2.59. The summed E-state index contributed by atoms with van der Waals surface area (Å²) in [5.41, 5.74) is -7.49. The number of halogens is 17. The van der Waals surface area contributed by atoms with Gasteiger partial charge in [0.2, 0.25) is 4.96 Å². The van der Waals surface area contributed by atoms with Crippen molar-refractivity contribution in [2.75, 3.05) is 0 Å². The lowest BCUT2D eigenvalue weighted by Crippen LogP contribution is -2.41. The summed E-state index contributed by atoms with van der Waals surface area (Å²) in [4.78, 5) is 31.3. The van der Waals surface area contributed by atoms with Crippen LogP contribution in [-0.4, -0.2) is 86.1 Å². The Bertz CT molecular complexity index is 2840.